The summed E-state index contributed by atoms with van der Waals surface area (Å²) >= 11 is 1.84. The van der Waals surface area contributed by atoms with E-state index in [0.29, 0.717) is 17.8 Å². The molecule has 1 aromatic heterocycles. The van der Waals surface area contributed by atoms with E-state index < -0.39 is 0 Å². The van der Waals surface area contributed by atoms with E-state index in [0.717, 1.165) is 24.5 Å². The Bertz CT molecular complexity index is 673. The molecule has 1 saturated heterocycles. The number of anilines is 1. The molecule has 2 aliphatic carbocycles. The van der Waals surface area contributed by atoms with Gasteiger partial charge in [0, 0.05) is 29.2 Å². The first-order valence-corrected chi connectivity index (χ1v) is 10.7. The van der Waals surface area contributed by atoms with Crippen molar-refractivity contribution in [3.05, 3.63) is 10.6 Å². The van der Waals surface area contributed by atoms with Crippen LogP contribution in [-0.2, 0) is 16.0 Å². The number of esters is 1. The lowest BCUT2D eigenvalue weighted by atomic mass is 9.54. The number of unbranched alkanes of at least 4 members (excludes halogenated alkanes) is 1. The molecule has 5 heteroatoms. The Labute approximate surface area is 154 Å². The van der Waals surface area contributed by atoms with Crippen molar-refractivity contribution >= 4 is 22.4 Å². The molecule has 0 bridgehead atoms. The van der Waals surface area contributed by atoms with E-state index in [9.17, 15) is 4.79 Å². The van der Waals surface area contributed by atoms with Crippen molar-refractivity contribution in [3.8, 4) is 0 Å². The largest absolute Gasteiger partial charge is 0.461 e. The van der Waals surface area contributed by atoms with Crippen LogP contribution >= 0.6 is 11.3 Å². The number of carbonyl (C=O) groups excluding carboxylic acids is 1. The highest BCUT2D eigenvalue weighted by atomic mass is 32.1. The molecule has 6 atom stereocenters. The first-order chi connectivity index (χ1) is 11.9. The Hall–Kier alpha value is -1.10. The maximum Gasteiger partial charge on any atom is 0.309 e. The molecule has 1 aliphatic heterocycles. The van der Waals surface area contributed by atoms with E-state index in [2.05, 4.69) is 26.1 Å². The molecule has 0 unspecified atom stereocenters. The summed E-state index contributed by atoms with van der Waals surface area (Å²) < 4.78 is 5.90. The summed E-state index contributed by atoms with van der Waals surface area (Å²) in [7, 11) is 0. The molecule has 138 valence electrons. The van der Waals surface area contributed by atoms with Crippen LogP contribution in [0.1, 0.15) is 69.9 Å². The number of thiazole rings is 1. The molecule has 1 saturated carbocycles. The van der Waals surface area contributed by atoms with Crippen molar-refractivity contribution in [1.29, 1.82) is 0 Å². The molecule has 2 heterocycles. The number of fused-ring (bicyclic) bond motifs is 4. The van der Waals surface area contributed by atoms with E-state index in [-0.39, 0.29) is 23.4 Å². The first-order valence-electron chi connectivity index (χ1n) is 9.88. The average molecular weight is 363 g/mol. The van der Waals surface area contributed by atoms with Crippen molar-refractivity contribution in [2.24, 2.45) is 23.2 Å². The van der Waals surface area contributed by atoms with Crippen LogP contribution in [-0.4, -0.2) is 23.6 Å². The van der Waals surface area contributed by atoms with Crippen LogP contribution < -0.4 is 5.32 Å². The fraction of sp³-hybridized carbons (Fsp3) is 0.800. The lowest BCUT2D eigenvalue weighted by Gasteiger charge is -2.51. The predicted molar refractivity (Wildman–Crippen MR) is 101 cm³/mol. The van der Waals surface area contributed by atoms with Crippen molar-refractivity contribution in [1.82, 2.24) is 4.98 Å². The normalized spacial score (nSPS) is 39.4. The van der Waals surface area contributed by atoms with E-state index >= 15 is 0 Å². The van der Waals surface area contributed by atoms with Gasteiger partial charge in [-0.05, 0) is 31.1 Å². The van der Waals surface area contributed by atoms with Crippen LogP contribution in [0.4, 0.5) is 5.13 Å². The Morgan fingerprint density at radius 1 is 1.36 bits per heavy atom. The highest BCUT2D eigenvalue weighted by molar-refractivity contribution is 7.15. The van der Waals surface area contributed by atoms with E-state index in [4.69, 9.17) is 9.72 Å². The van der Waals surface area contributed by atoms with Gasteiger partial charge in [0.2, 0.25) is 0 Å². The Morgan fingerprint density at radius 3 is 2.92 bits per heavy atom. The molecule has 0 amide bonds. The van der Waals surface area contributed by atoms with Gasteiger partial charge in [-0.2, -0.15) is 0 Å². The van der Waals surface area contributed by atoms with Crippen LogP contribution in [0.25, 0.3) is 0 Å². The van der Waals surface area contributed by atoms with Crippen LogP contribution in [0.3, 0.4) is 0 Å². The van der Waals surface area contributed by atoms with Crippen molar-refractivity contribution in [2.45, 2.75) is 71.8 Å². The molecule has 3 aliphatic rings. The third-order valence-electron chi connectivity index (χ3n) is 6.96. The van der Waals surface area contributed by atoms with E-state index in [1.807, 2.05) is 18.3 Å². The Kier molecular flexibility index (Phi) is 4.33. The van der Waals surface area contributed by atoms with Gasteiger partial charge in [0.1, 0.15) is 6.10 Å². The Morgan fingerprint density at radius 2 is 2.16 bits per heavy atom. The number of nitrogens with one attached hydrogen (secondary N) is 1. The zero-order chi connectivity index (χ0) is 17.8. The molecular formula is C20H30N2O2S. The maximum absolute atomic E-state index is 12.2. The van der Waals surface area contributed by atoms with E-state index in [1.165, 1.54) is 29.8 Å². The SMILES string of the molecule is CCCCNc1nc2c(s1)C[C@@]1(C)CC[C@H]3[C@H](OC(=O)[C@H]3C)[C@H]1[C@@H]2C. The molecule has 1 N–H and O–H groups in total. The predicted octanol–water partition coefficient (Wildman–Crippen LogP) is 4.61. The van der Waals surface area contributed by atoms with Gasteiger partial charge in [0.25, 0.3) is 0 Å². The van der Waals surface area contributed by atoms with Gasteiger partial charge in [-0.3, -0.25) is 4.79 Å². The number of rotatable bonds is 4. The number of hydrogen-bond acceptors (Lipinski definition) is 5. The number of hydrogen-bond donors (Lipinski definition) is 1. The minimum absolute atomic E-state index is 0.0115. The quantitative estimate of drug-likeness (QED) is 0.628. The minimum atomic E-state index is 0.0115. The summed E-state index contributed by atoms with van der Waals surface area (Å²) in [6, 6.07) is 0. The van der Waals surface area contributed by atoms with E-state index in [1.54, 1.807) is 0 Å². The molecule has 0 spiro atoms. The second kappa shape index (κ2) is 6.26. The lowest BCUT2D eigenvalue weighted by Crippen LogP contribution is -2.50. The topological polar surface area (TPSA) is 51.2 Å². The molecule has 4 rings (SSSR count). The molecule has 25 heavy (non-hydrogen) atoms. The van der Waals surface area contributed by atoms with Gasteiger partial charge >= 0.3 is 5.97 Å². The highest BCUT2D eigenvalue weighted by Gasteiger charge is 2.58. The van der Waals surface area contributed by atoms with Crippen LogP contribution in [0.2, 0.25) is 0 Å². The summed E-state index contributed by atoms with van der Waals surface area (Å²) in [5.41, 5.74) is 1.48. The van der Waals surface area contributed by atoms with Crippen molar-refractivity contribution in [3.63, 3.8) is 0 Å². The molecule has 2 fully saturated rings. The molecule has 0 aromatic carbocycles. The van der Waals surface area contributed by atoms with Gasteiger partial charge in [0.15, 0.2) is 5.13 Å². The summed E-state index contributed by atoms with van der Waals surface area (Å²) in [5.74, 6) is 1.23. The third kappa shape index (κ3) is 2.70. The fourth-order valence-corrected chi connectivity index (χ4v) is 6.82. The van der Waals surface area contributed by atoms with Gasteiger partial charge in [0.05, 0.1) is 11.6 Å². The number of carbonyl (C=O) groups is 1. The summed E-state index contributed by atoms with van der Waals surface area (Å²) in [4.78, 5) is 18.6. The number of nitrogens with zero attached hydrogens (tertiary/aromatic N) is 1. The second-order valence-electron chi connectivity index (χ2n) is 8.65. The second-order valence-corrected chi connectivity index (χ2v) is 9.73. The van der Waals surface area contributed by atoms with Gasteiger partial charge in [-0.25, -0.2) is 4.98 Å². The molecule has 1 aromatic rings. The Balaban J connectivity index is 1.62. The third-order valence-corrected chi connectivity index (χ3v) is 7.99. The molecule has 0 radical (unpaired) electrons. The molecular weight excluding hydrogens is 332 g/mol. The average Bonchev–Trinajstić information content (AvgIpc) is 3.08. The summed E-state index contributed by atoms with van der Waals surface area (Å²) in [6.07, 6.45) is 5.86. The molecule has 4 nitrogen and oxygen atoms in total. The smallest absolute Gasteiger partial charge is 0.309 e. The zero-order valence-electron chi connectivity index (χ0n) is 15.8. The summed E-state index contributed by atoms with van der Waals surface area (Å²) in [5, 5.41) is 4.57. The number of ether oxygens (including phenoxy) is 1. The minimum Gasteiger partial charge on any atom is -0.461 e. The highest BCUT2D eigenvalue weighted by Crippen LogP contribution is 2.59. The van der Waals surface area contributed by atoms with Crippen LogP contribution in [0.15, 0.2) is 0 Å². The van der Waals surface area contributed by atoms with Crippen molar-refractivity contribution in [2.75, 3.05) is 11.9 Å². The zero-order valence-corrected chi connectivity index (χ0v) is 16.6. The monoisotopic (exact) mass is 362 g/mol. The van der Waals surface area contributed by atoms with Gasteiger partial charge in [-0.15, -0.1) is 11.3 Å². The van der Waals surface area contributed by atoms with Gasteiger partial charge in [-0.1, -0.05) is 34.1 Å². The van der Waals surface area contributed by atoms with Crippen molar-refractivity contribution < 1.29 is 9.53 Å². The lowest BCUT2D eigenvalue weighted by molar-refractivity contribution is -0.149. The number of aromatic nitrogens is 1. The summed E-state index contributed by atoms with van der Waals surface area (Å²) in [6.45, 7) is 9.97. The van der Waals surface area contributed by atoms with Crippen LogP contribution in [0.5, 0.6) is 0 Å². The first kappa shape index (κ1) is 17.3. The van der Waals surface area contributed by atoms with Gasteiger partial charge < -0.3 is 10.1 Å². The van der Waals surface area contributed by atoms with Crippen LogP contribution in [0, 0.1) is 23.2 Å². The maximum atomic E-state index is 12.2. The fourth-order valence-electron chi connectivity index (χ4n) is 5.53. The standard InChI is InChI=1S/C20H30N2O2S/c1-5-6-9-21-19-22-16-12(3)15-17-13(11(2)18(23)24-17)7-8-20(15,4)10-14(16)25-19/h11-13,15,17H,5-10H2,1-4H3,(H,21,22)/t11-,12-,13+,15+,17-,20+/m0/s1.